The number of carbonyl (C=O) groups is 2. The van der Waals surface area contributed by atoms with Gasteiger partial charge in [-0.25, -0.2) is 4.79 Å². The van der Waals surface area contributed by atoms with Gasteiger partial charge in [-0.05, 0) is 18.6 Å². The van der Waals surface area contributed by atoms with Crippen molar-refractivity contribution in [3.8, 4) is 0 Å². The van der Waals surface area contributed by atoms with Gasteiger partial charge in [0.25, 0.3) is 5.91 Å². The van der Waals surface area contributed by atoms with E-state index in [2.05, 4.69) is 5.32 Å². The molecule has 19 heavy (non-hydrogen) atoms. The maximum Gasteiger partial charge on any atom is 0.417 e. The standard InChI is InChI=1S/C12H12F3NO3/c1-2-9(11(18)19)16-10(17)7-5-3-4-6-8(7)12(13,14)15/h3-6,9H,2H2,1H3,(H,16,17)(H,18,19)/t9-/m1/s1. The number of alkyl halides is 3. The lowest BCUT2D eigenvalue weighted by Crippen LogP contribution is -2.40. The fraction of sp³-hybridized carbons (Fsp3) is 0.333. The number of halogens is 3. The van der Waals surface area contributed by atoms with Crippen LogP contribution in [0.1, 0.15) is 29.3 Å². The highest BCUT2D eigenvalue weighted by Crippen LogP contribution is 2.31. The SMILES string of the molecule is CC[C@@H](NC(=O)c1ccccc1C(F)(F)F)C(=O)O. The zero-order valence-corrected chi connectivity index (χ0v) is 9.99. The lowest BCUT2D eigenvalue weighted by Gasteiger charge is -2.15. The molecule has 0 aromatic heterocycles. The van der Waals surface area contributed by atoms with Gasteiger partial charge >= 0.3 is 12.1 Å². The molecule has 0 saturated carbocycles. The number of rotatable bonds is 4. The van der Waals surface area contributed by atoms with Crippen LogP contribution in [0.4, 0.5) is 13.2 Å². The summed E-state index contributed by atoms with van der Waals surface area (Å²) in [5.41, 5.74) is -1.68. The average molecular weight is 275 g/mol. The van der Waals surface area contributed by atoms with Crippen LogP contribution in [0.3, 0.4) is 0 Å². The zero-order valence-electron chi connectivity index (χ0n) is 9.99. The van der Waals surface area contributed by atoms with E-state index in [9.17, 15) is 22.8 Å². The molecule has 0 spiro atoms. The Balaban J connectivity index is 3.04. The number of nitrogens with one attached hydrogen (secondary N) is 1. The van der Waals surface area contributed by atoms with Gasteiger partial charge in [-0.2, -0.15) is 13.2 Å². The van der Waals surface area contributed by atoms with E-state index in [0.717, 1.165) is 18.2 Å². The second kappa shape index (κ2) is 5.73. The Kier molecular flexibility index (Phi) is 4.52. The summed E-state index contributed by atoms with van der Waals surface area (Å²) in [5, 5.41) is 10.8. The summed E-state index contributed by atoms with van der Waals surface area (Å²) in [6.07, 6.45) is -4.59. The van der Waals surface area contributed by atoms with Gasteiger partial charge < -0.3 is 10.4 Å². The van der Waals surface area contributed by atoms with Gasteiger partial charge in [0.05, 0.1) is 11.1 Å². The van der Waals surface area contributed by atoms with E-state index in [1.807, 2.05) is 0 Å². The topological polar surface area (TPSA) is 66.4 Å². The van der Waals surface area contributed by atoms with Crippen molar-refractivity contribution < 1.29 is 27.9 Å². The summed E-state index contributed by atoms with van der Waals surface area (Å²) in [4.78, 5) is 22.5. The van der Waals surface area contributed by atoms with Gasteiger partial charge in [-0.3, -0.25) is 4.79 Å². The molecule has 1 aromatic rings. The van der Waals surface area contributed by atoms with Crippen molar-refractivity contribution in [2.24, 2.45) is 0 Å². The number of aliphatic carboxylic acids is 1. The van der Waals surface area contributed by atoms with Crippen LogP contribution in [0.5, 0.6) is 0 Å². The van der Waals surface area contributed by atoms with Gasteiger partial charge in [0.1, 0.15) is 6.04 Å². The first kappa shape index (κ1) is 15.0. The molecule has 0 unspecified atom stereocenters. The molecule has 0 aliphatic heterocycles. The second-order valence-electron chi connectivity index (χ2n) is 3.82. The first-order valence-electron chi connectivity index (χ1n) is 5.47. The van der Waals surface area contributed by atoms with E-state index in [0.29, 0.717) is 0 Å². The number of carboxylic acid groups (broad SMARTS) is 1. The molecule has 1 atom stereocenters. The second-order valence-corrected chi connectivity index (χ2v) is 3.82. The van der Waals surface area contributed by atoms with Crippen molar-refractivity contribution in [2.45, 2.75) is 25.6 Å². The van der Waals surface area contributed by atoms with Gasteiger partial charge in [0, 0.05) is 0 Å². The predicted octanol–water partition coefficient (Wildman–Crippen LogP) is 2.30. The first-order valence-corrected chi connectivity index (χ1v) is 5.47. The number of amides is 1. The molecular weight excluding hydrogens is 263 g/mol. The summed E-state index contributed by atoms with van der Waals surface area (Å²) in [5.74, 6) is -2.34. The smallest absolute Gasteiger partial charge is 0.417 e. The summed E-state index contributed by atoms with van der Waals surface area (Å²) in [6.45, 7) is 1.51. The monoisotopic (exact) mass is 275 g/mol. The van der Waals surface area contributed by atoms with Crippen LogP contribution in [-0.2, 0) is 11.0 Å². The Morgan fingerprint density at radius 3 is 2.37 bits per heavy atom. The van der Waals surface area contributed by atoms with Crippen molar-refractivity contribution in [3.05, 3.63) is 35.4 Å². The molecule has 2 N–H and O–H groups in total. The van der Waals surface area contributed by atoms with Crippen LogP contribution in [0, 0.1) is 0 Å². The summed E-state index contributed by atoms with van der Waals surface area (Å²) >= 11 is 0. The van der Waals surface area contributed by atoms with Crippen LogP contribution in [0.25, 0.3) is 0 Å². The molecule has 0 fully saturated rings. The molecule has 0 heterocycles. The van der Waals surface area contributed by atoms with Crippen molar-refractivity contribution in [1.82, 2.24) is 5.32 Å². The lowest BCUT2D eigenvalue weighted by molar-refractivity contribution is -0.139. The number of carbonyl (C=O) groups excluding carboxylic acids is 1. The van der Waals surface area contributed by atoms with E-state index in [-0.39, 0.29) is 6.42 Å². The van der Waals surface area contributed by atoms with Crippen molar-refractivity contribution in [3.63, 3.8) is 0 Å². The minimum absolute atomic E-state index is 0.0786. The third-order valence-electron chi connectivity index (χ3n) is 2.49. The number of hydrogen-bond acceptors (Lipinski definition) is 2. The van der Waals surface area contributed by atoms with Gasteiger partial charge in [0.2, 0.25) is 0 Å². The van der Waals surface area contributed by atoms with Crippen LogP contribution in [-0.4, -0.2) is 23.0 Å². The normalized spacial score (nSPS) is 12.8. The van der Waals surface area contributed by atoms with Crippen molar-refractivity contribution in [2.75, 3.05) is 0 Å². The highest BCUT2D eigenvalue weighted by Gasteiger charge is 2.35. The van der Waals surface area contributed by atoms with E-state index < -0.39 is 35.2 Å². The highest BCUT2D eigenvalue weighted by molar-refractivity contribution is 5.98. The van der Waals surface area contributed by atoms with Crippen LogP contribution in [0.15, 0.2) is 24.3 Å². The predicted molar refractivity (Wildman–Crippen MR) is 60.6 cm³/mol. The molecule has 0 radical (unpaired) electrons. The van der Waals surface area contributed by atoms with E-state index >= 15 is 0 Å². The average Bonchev–Trinajstić information content (AvgIpc) is 2.34. The quantitative estimate of drug-likeness (QED) is 0.886. The number of carboxylic acids is 1. The van der Waals surface area contributed by atoms with Crippen LogP contribution < -0.4 is 5.32 Å². The molecule has 0 aliphatic rings. The Morgan fingerprint density at radius 2 is 1.89 bits per heavy atom. The van der Waals surface area contributed by atoms with E-state index in [4.69, 9.17) is 5.11 Å². The molecule has 1 amide bonds. The third-order valence-corrected chi connectivity index (χ3v) is 2.49. The molecule has 104 valence electrons. The Hall–Kier alpha value is -2.05. The maximum absolute atomic E-state index is 12.7. The van der Waals surface area contributed by atoms with Crippen LogP contribution in [0.2, 0.25) is 0 Å². The minimum atomic E-state index is -4.67. The number of hydrogen-bond donors (Lipinski definition) is 2. The Labute approximate surface area is 107 Å². The first-order chi connectivity index (χ1) is 8.77. The fourth-order valence-electron chi connectivity index (χ4n) is 1.50. The molecule has 7 heteroatoms. The fourth-order valence-corrected chi connectivity index (χ4v) is 1.50. The molecule has 0 bridgehead atoms. The van der Waals surface area contributed by atoms with Gasteiger partial charge in [-0.15, -0.1) is 0 Å². The minimum Gasteiger partial charge on any atom is -0.480 e. The highest BCUT2D eigenvalue weighted by atomic mass is 19.4. The number of benzene rings is 1. The molecule has 0 saturated heterocycles. The summed E-state index contributed by atoms with van der Waals surface area (Å²) in [7, 11) is 0. The third kappa shape index (κ3) is 3.70. The molecule has 1 rings (SSSR count). The largest absolute Gasteiger partial charge is 0.480 e. The molecular formula is C12H12F3NO3. The molecule has 1 aromatic carbocycles. The molecule has 4 nitrogen and oxygen atoms in total. The summed E-state index contributed by atoms with van der Waals surface area (Å²) < 4.78 is 38.1. The van der Waals surface area contributed by atoms with Crippen LogP contribution >= 0.6 is 0 Å². The van der Waals surface area contributed by atoms with Crippen molar-refractivity contribution in [1.29, 1.82) is 0 Å². The zero-order chi connectivity index (χ0) is 14.6. The van der Waals surface area contributed by atoms with E-state index in [1.54, 1.807) is 0 Å². The van der Waals surface area contributed by atoms with Gasteiger partial charge in [-0.1, -0.05) is 19.1 Å². The Morgan fingerprint density at radius 1 is 1.32 bits per heavy atom. The summed E-state index contributed by atoms with van der Waals surface area (Å²) in [6, 6.07) is 3.01. The lowest BCUT2D eigenvalue weighted by atomic mass is 10.1. The Bertz CT molecular complexity index is 485. The maximum atomic E-state index is 12.7. The molecule has 0 aliphatic carbocycles. The van der Waals surface area contributed by atoms with Gasteiger partial charge in [0.15, 0.2) is 0 Å². The van der Waals surface area contributed by atoms with E-state index in [1.165, 1.54) is 13.0 Å². The van der Waals surface area contributed by atoms with Crippen molar-refractivity contribution >= 4 is 11.9 Å².